The number of nitrogens with zero attached hydrogens (tertiary/aromatic N) is 3. The van der Waals surface area contributed by atoms with Gasteiger partial charge in [-0.3, -0.25) is 19.4 Å². The standard InChI is InChI=1S/C18H20N6O5S3/c1-10-14(16(27)24(22(10)2)11-6-4-3-5-7-11)17-23(13(25)9-31-17)21-32(28,29)12-8-19-18(30)20-15(12)26/h3-8,10,14,17,21H,9H2,1-2H3,(H2,19,20,26,30). The van der Waals surface area contributed by atoms with E-state index in [0.29, 0.717) is 5.69 Å². The van der Waals surface area contributed by atoms with E-state index in [1.807, 2.05) is 25.1 Å². The minimum absolute atomic E-state index is 0.00762. The fourth-order valence-corrected chi connectivity index (χ4v) is 6.36. The first-order valence-electron chi connectivity index (χ1n) is 9.51. The van der Waals surface area contributed by atoms with Gasteiger partial charge in [-0.1, -0.05) is 18.2 Å². The molecule has 0 radical (unpaired) electrons. The van der Waals surface area contributed by atoms with Crippen LogP contribution in [0.25, 0.3) is 0 Å². The summed E-state index contributed by atoms with van der Waals surface area (Å²) in [5.74, 6) is -1.49. The maximum absolute atomic E-state index is 13.4. The summed E-state index contributed by atoms with van der Waals surface area (Å²) in [6, 6.07) is 8.72. The van der Waals surface area contributed by atoms with E-state index in [0.717, 1.165) is 11.2 Å². The van der Waals surface area contributed by atoms with E-state index in [9.17, 15) is 22.8 Å². The summed E-state index contributed by atoms with van der Waals surface area (Å²) in [4.78, 5) is 44.3. The molecule has 2 aliphatic rings. The topological polar surface area (TPSA) is 139 Å². The SMILES string of the molecule is CC1C(C2SCC(=O)N2NS(=O)(=O)c2c[nH]c(=S)[nH]c2=O)C(=O)N(c2ccccc2)N1C. The Labute approximate surface area is 192 Å². The number of hydrazine groups is 2. The third-order valence-corrected chi connectivity index (χ3v) is 8.22. The van der Waals surface area contributed by atoms with Crippen molar-refractivity contribution in [2.75, 3.05) is 17.8 Å². The van der Waals surface area contributed by atoms with Gasteiger partial charge in [-0.05, 0) is 31.3 Å². The van der Waals surface area contributed by atoms with E-state index in [1.165, 1.54) is 16.8 Å². The van der Waals surface area contributed by atoms with Gasteiger partial charge in [0.25, 0.3) is 15.6 Å². The van der Waals surface area contributed by atoms with Crippen molar-refractivity contribution in [1.82, 2.24) is 24.8 Å². The molecule has 170 valence electrons. The lowest BCUT2D eigenvalue weighted by atomic mass is 10.0. The van der Waals surface area contributed by atoms with Crippen molar-refractivity contribution in [2.24, 2.45) is 5.92 Å². The number of anilines is 1. The molecule has 2 aliphatic heterocycles. The number of rotatable bonds is 5. The van der Waals surface area contributed by atoms with Crippen molar-refractivity contribution in [1.29, 1.82) is 0 Å². The highest BCUT2D eigenvalue weighted by molar-refractivity contribution is 8.01. The van der Waals surface area contributed by atoms with Crippen molar-refractivity contribution in [2.45, 2.75) is 23.2 Å². The summed E-state index contributed by atoms with van der Waals surface area (Å²) in [6.07, 6.45) is 0.959. The van der Waals surface area contributed by atoms with Crippen LogP contribution in [0, 0.1) is 10.7 Å². The molecule has 3 N–H and O–H groups in total. The Morgan fingerprint density at radius 1 is 1.19 bits per heavy atom. The summed E-state index contributed by atoms with van der Waals surface area (Å²) in [5.41, 5.74) is -0.251. The first-order valence-corrected chi connectivity index (χ1v) is 12.5. The molecule has 2 saturated heterocycles. The molecule has 11 nitrogen and oxygen atoms in total. The molecule has 32 heavy (non-hydrogen) atoms. The number of carbonyl (C=O) groups is 2. The molecule has 1 aromatic carbocycles. The van der Waals surface area contributed by atoms with Gasteiger partial charge in [0, 0.05) is 19.3 Å². The van der Waals surface area contributed by atoms with Crippen molar-refractivity contribution in [3.05, 3.63) is 51.7 Å². The smallest absolute Gasteiger partial charge is 0.271 e. The van der Waals surface area contributed by atoms with Gasteiger partial charge in [0.2, 0.25) is 11.8 Å². The lowest BCUT2D eigenvalue weighted by Crippen LogP contribution is -2.52. The highest BCUT2D eigenvalue weighted by Gasteiger charge is 2.52. The second-order valence-electron chi connectivity index (χ2n) is 7.32. The zero-order valence-electron chi connectivity index (χ0n) is 17.0. The molecule has 3 unspecified atom stereocenters. The predicted octanol–water partition coefficient (Wildman–Crippen LogP) is 0.426. The lowest BCUT2D eigenvalue weighted by molar-refractivity contribution is -0.131. The molecule has 3 atom stereocenters. The quantitative estimate of drug-likeness (QED) is 0.507. The average molecular weight is 497 g/mol. The molecular weight excluding hydrogens is 476 g/mol. The maximum Gasteiger partial charge on any atom is 0.271 e. The van der Waals surface area contributed by atoms with Crippen LogP contribution >= 0.6 is 24.0 Å². The number of H-pyrrole nitrogens is 2. The molecule has 2 fully saturated rings. The number of hydrogen-bond acceptors (Lipinski definition) is 8. The first kappa shape index (κ1) is 22.7. The minimum Gasteiger partial charge on any atom is -0.337 e. The van der Waals surface area contributed by atoms with Crippen molar-refractivity contribution in [3.8, 4) is 0 Å². The van der Waals surface area contributed by atoms with Crippen LogP contribution in [0.2, 0.25) is 0 Å². The van der Waals surface area contributed by atoms with E-state index in [2.05, 4.69) is 14.8 Å². The second-order valence-corrected chi connectivity index (χ2v) is 10.5. The number of hydrogen-bond donors (Lipinski definition) is 3. The van der Waals surface area contributed by atoms with Gasteiger partial charge in [-0.15, -0.1) is 16.6 Å². The van der Waals surface area contributed by atoms with Crippen LogP contribution in [0.5, 0.6) is 0 Å². The van der Waals surface area contributed by atoms with Crippen LogP contribution in [0.1, 0.15) is 6.92 Å². The van der Waals surface area contributed by atoms with E-state index in [-0.39, 0.29) is 22.5 Å². The zero-order chi connectivity index (χ0) is 23.2. The van der Waals surface area contributed by atoms with Gasteiger partial charge in [0.1, 0.15) is 5.37 Å². The average Bonchev–Trinajstić information content (AvgIpc) is 3.18. The fraction of sp³-hybridized carbons (Fsp3) is 0.333. The number of benzene rings is 1. The predicted molar refractivity (Wildman–Crippen MR) is 120 cm³/mol. The highest BCUT2D eigenvalue weighted by atomic mass is 32.2. The molecule has 1 aromatic heterocycles. The Hall–Kier alpha value is -2.52. The first-order chi connectivity index (χ1) is 15.1. The molecule has 2 aromatic rings. The van der Waals surface area contributed by atoms with E-state index < -0.39 is 37.7 Å². The maximum atomic E-state index is 13.4. The normalized spacial score (nSPS) is 24.5. The highest BCUT2D eigenvalue weighted by Crippen LogP contribution is 2.39. The van der Waals surface area contributed by atoms with E-state index >= 15 is 0 Å². The molecule has 0 saturated carbocycles. The number of carbonyl (C=O) groups excluding carboxylic acids is 2. The van der Waals surface area contributed by atoms with Gasteiger partial charge in [0.05, 0.1) is 17.4 Å². The van der Waals surface area contributed by atoms with Gasteiger partial charge in [-0.2, -0.15) is 0 Å². The van der Waals surface area contributed by atoms with Gasteiger partial charge < -0.3 is 4.98 Å². The Morgan fingerprint density at radius 2 is 1.88 bits per heavy atom. The van der Waals surface area contributed by atoms with Crippen LogP contribution in [0.4, 0.5) is 5.69 Å². The van der Waals surface area contributed by atoms with Gasteiger partial charge >= 0.3 is 0 Å². The third kappa shape index (κ3) is 3.88. The van der Waals surface area contributed by atoms with Crippen molar-refractivity contribution < 1.29 is 18.0 Å². The number of aromatic amines is 2. The summed E-state index contributed by atoms with van der Waals surface area (Å²) < 4.78 is 25.7. The number of nitrogens with one attached hydrogen (secondary N) is 3. The largest absolute Gasteiger partial charge is 0.337 e. The number of aromatic nitrogens is 2. The third-order valence-electron chi connectivity index (χ3n) is 5.42. The molecule has 4 rings (SSSR count). The summed E-state index contributed by atoms with van der Waals surface area (Å²) in [7, 11) is -2.66. The van der Waals surface area contributed by atoms with E-state index in [1.54, 1.807) is 24.2 Å². The van der Waals surface area contributed by atoms with Gasteiger partial charge in [0.15, 0.2) is 9.67 Å². The minimum atomic E-state index is -4.42. The molecule has 2 amide bonds. The van der Waals surface area contributed by atoms with Crippen LogP contribution in [-0.4, -0.2) is 64.4 Å². The number of thioether (sulfide) groups is 1. The van der Waals surface area contributed by atoms with E-state index in [4.69, 9.17) is 12.2 Å². The Morgan fingerprint density at radius 3 is 2.53 bits per heavy atom. The van der Waals surface area contributed by atoms with Crippen LogP contribution < -0.4 is 15.4 Å². The zero-order valence-corrected chi connectivity index (χ0v) is 19.5. The summed E-state index contributed by atoms with van der Waals surface area (Å²) >= 11 is 5.95. The summed E-state index contributed by atoms with van der Waals surface area (Å²) in [5, 5.41) is 3.42. The Balaban J connectivity index is 1.65. The molecule has 0 spiro atoms. The monoisotopic (exact) mass is 496 g/mol. The lowest BCUT2D eigenvalue weighted by Gasteiger charge is -2.29. The van der Waals surface area contributed by atoms with Crippen molar-refractivity contribution in [3.63, 3.8) is 0 Å². The summed E-state index contributed by atoms with van der Waals surface area (Å²) in [6.45, 7) is 1.84. The Bertz CT molecular complexity index is 1280. The van der Waals surface area contributed by atoms with Gasteiger partial charge in [-0.25, -0.2) is 23.4 Å². The number of sulfonamides is 1. The van der Waals surface area contributed by atoms with Crippen LogP contribution in [-0.2, 0) is 19.6 Å². The molecule has 3 heterocycles. The molecule has 0 aliphatic carbocycles. The molecule has 0 bridgehead atoms. The van der Waals surface area contributed by atoms with Crippen LogP contribution in [0.3, 0.4) is 0 Å². The molecular formula is C18H20N6O5S3. The fourth-order valence-electron chi connectivity index (χ4n) is 3.74. The second kappa shape index (κ2) is 8.44. The van der Waals surface area contributed by atoms with Crippen molar-refractivity contribution >= 4 is 51.5 Å². The van der Waals surface area contributed by atoms with Crippen LogP contribution in [0.15, 0.2) is 46.2 Å². The number of para-hydroxylation sites is 1. The molecule has 14 heteroatoms. The Kier molecular flexibility index (Phi) is 5.98. The number of amides is 2.